The van der Waals surface area contributed by atoms with Gasteiger partial charge in [-0.1, -0.05) is 141 Å². The lowest BCUT2D eigenvalue weighted by atomic mass is 9.30. The molecule has 2 aliphatic carbocycles. The van der Waals surface area contributed by atoms with Crippen molar-refractivity contribution in [3.8, 4) is 0 Å². The summed E-state index contributed by atoms with van der Waals surface area (Å²) in [7, 11) is 0. The zero-order valence-corrected chi connectivity index (χ0v) is 35.9. The molecule has 0 bridgehead atoms. The first kappa shape index (κ1) is 36.6. The van der Waals surface area contributed by atoms with Crippen LogP contribution in [0.1, 0.15) is 181 Å². The number of benzene rings is 3. The Morgan fingerprint density at radius 1 is 0.528 bits per heavy atom. The van der Waals surface area contributed by atoms with E-state index in [2.05, 4.69) is 158 Å². The molecule has 4 heteroatoms. The van der Waals surface area contributed by atoms with Crippen molar-refractivity contribution in [2.75, 3.05) is 4.90 Å². The fourth-order valence-corrected chi connectivity index (χ4v) is 10.4. The summed E-state index contributed by atoms with van der Waals surface area (Å²) in [4.78, 5) is 13.1. The Kier molecular flexibility index (Phi) is 7.51. The molecule has 0 atom stereocenters. The van der Waals surface area contributed by atoms with Gasteiger partial charge >= 0.3 is 0 Å². The molecule has 4 aliphatic rings. The molecule has 0 spiro atoms. The van der Waals surface area contributed by atoms with E-state index in [-0.39, 0.29) is 44.6 Å². The quantitative estimate of drug-likeness (QED) is 0.163. The molecule has 0 unspecified atom stereocenters. The Hall–Kier alpha value is -3.40. The first-order chi connectivity index (χ1) is 24.3. The molecule has 3 nitrogen and oxygen atoms in total. The fraction of sp³-hybridized carbons (Fsp3) is 0.551. The number of fused-ring (bicyclic) bond motifs is 6. The van der Waals surface area contributed by atoms with E-state index in [1.165, 1.54) is 98.1 Å². The highest BCUT2D eigenvalue weighted by molar-refractivity contribution is 6.98. The van der Waals surface area contributed by atoms with Gasteiger partial charge in [0, 0.05) is 16.8 Å². The van der Waals surface area contributed by atoms with Crippen LogP contribution >= 0.6 is 0 Å². The van der Waals surface area contributed by atoms with Crippen LogP contribution in [-0.2, 0) is 37.9 Å². The molecule has 0 saturated carbocycles. The van der Waals surface area contributed by atoms with Gasteiger partial charge in [-0.25, -0.2) is 9.97 Å². The van der Waals surface area contributed by atoms with Crippen LogP contribution in [0.3, 0.4) is 0 Å². The van der Waals surface area contributed by atoms with E-state index in [0.717, 1.165) is 5.82 Å². The van der Waals surface area contributed by atoms with Crippen LogP contribution in [0.4, 0.5) is 17.2 Å². The lowest BCUT2D eigenvalue weighted by Crippen LogP contribution is -2.65. The minimum atomic E-state index is -0.284. The number of rotatable bonds is 1. The maximum Gasteiger partial charge on any atom is 0.251 e. The maximum atomic E-state index is 5.32. The summed E-state index contributed by atoms with van der Waals surface area (Å²) in [6.45, 7) is 38.6. The number of anilines is 3. The SMILES string of the molecule is CC(C)(C)c1cc(N2c3cc4c(cc3B3c5cc6c(cc5C(C)(C)c5ncnc2c53)C(C)(C)CCC6(C)C)C(C)(C)CCC4(C)C)cc(C(C)(C)C)c1. The standard InChI is InChI=1S/C49H64BN3/c1-43(2,3)29-21-30(44(4,5)6)23-31(22-29)53-39-27-35-34(47(11,12)19-20-48(35,13)14)26-38(39)50-37-25-33-32(45(7,8)17-18-46(33,9)10)24-36(37)49(15,16)41-40(50)42(53)52-28-51-41/h21-28H,17-20H2,1-16H3. The first-order valence-electron chi connectivity index (χ1n) is 20.5. The summed E-state index contributed by atoms with van der Waals surface area (Å²) in [5.41, 5.74) is 18.1. The van der Waals surface area contributed by atoms with Crippen molar-refractivity contribution in [3.63, 3.8) is 0 Å². The average molecular weight is 706 g/mol. The van der Waals surface area contributed by atoms with Gasteiger partial charge in [-0.3, -0.25) is 4.90 Å². The minimum Gasteiger partial charge on any atom is -0.296 e. The van der Waals surface area contributed by atoms with Crippen molar-refractivity contribution in [3.05, 3.63) is 93.4 Å². The van der Waals surface area contributed by atoms with Crippen LogP contribution < -0.4 is 21.3 Å². The fourth-order valence-electron chi connectivity index (χ4n) is 10.4. The molecular formula is C49H64BN3. The molecule has 0 fully saturated rings. The molecule has 0 saturated heterocycles. The summed E-state index contributed by atoms with van der Waals surface area (Å²) in [5, 5.41) is 0. The summed E-state index contributed by atoms with van der Waals surface area (Å²) in [5.74, 6) is 1.04. The predicted octanol–water partition coefficient (Wildman–Crippen LogP) is 10.7. The van der Waals surface area contributed by atoms with Crippen LogP contribution in [0.25, 0.3) is 0 Å². The van der Waals surface area contributed by atoms with E-state index in [1.807, 2.05) is 6.33 Å². The van der Waals surface area contributed by atoms with Gasteiger partial charge in [0.2, 0.25) is 0 Å². The molecular weight excluding hydrogens is 641 g/mol. The molecule has 278 valence electrons. The van der Waals surface area contributed by atoms with Crippen LogP contribution in [0.15, 0.2) is 48.8 Å². The summed E-state index contributed by atoms with van der Waals surface area (Å²) < 4.78 is 0. The van der Waals surface area contributed by atoms with Crippen LogP contribution in [0.2, 0.25) is 0 Å². The third-order valence-electron chi connectivity index (χ3n) is 14.4. The highest BCUT2D eigenvalue weighted by Crippen LogP contribution is 2.51. The second-order valence-corrected chi connectivity index (χ2v) is 22.6. The molecule has 8 rings (SSSR count). The lowest BCUT2D eigenvalue weighted by molar-refractivity contribution is 0.331. The van der Waals surface area contributed by atoms with Crippen molar-refractivity contribution < 1.29 is 0 Å². The van der Waals surface area contributed by atoms with Gasteiger partial charge in [-0.05, 0) is 126 Å². The van der Waals surface area contributed by atoms with Gasteiger partial charge < -0.3 is 0 Å². The summed E-state index contributed by atoms with van der Waals surface area (Å²) >= 11 is 0. The van der Waals surface area contributed by atoms with E-state index in [1.54, 1.807) is 0 Å². The van der Waals surface area contributed by atoms with Crippen molar-refractivity contribution in [2.45, 2.75) is 174 Å². The van der Waals surface area contributed by atoms with Crippen LogP contribution in [-0.4, -0.2) is 16.7 Å². The average Bonchev–Trinajstić information content (AvgIpc) is 3.05. The van der Waals surface area contributed by atoms with Gasteiger partial charge in [0.05, 0.1) is 5.69 Å². The first-order valence-corrected chi connectivity index (χ1v) is 20.5. The normalized spacial score (nSPS) is 21.2. The Morgan fingerprint density at radius 2 is 0.981 bits per heavy atom. The smallest absolute Gasteiger partial charge is 0.251 e. The Labute approximate surface area is 321 Å². The van der Waals surface area contributed by atoms with Gasteiger partial charge in [-0.2, -0.15) is 0 Å². The zero-order valence-electron chi connectivity index (χ0n) is 35.9. The van der Waals surface area contributed by atoms with E-state index in [4.69, 9.17) is 9.97 Å². The Balaban J connectivity index is 1.52. The van der Waals surface area contributed by atoms with Crippen molar-refractivity contribution >= 4 is 40.3 Å². The second-order valence-electron chi connectivity index (χ2n) is 22.6. The summed E-state index contributed by atoms with van der Waals surface area (Å²) in [6, 6.07) is 17.9. The largest absolute Gasteiger partial charge is 0.296 e. The van der Waals surface area contributed by atoms with E-state index >= 15 is 0 Å². The predicted molar refractivity (Wildman–Crippen MR) is 228 cm³/mol. The Morgan fingerprint density at radius 3 is 1.47 bits per heavy atom. The molecule has 1 aromatic heterocycles. The molecule has 3 aromatic carbocycles. The van der Waals surface area contributed by atoms with Crippen LogP contribution in [0.5, 0.6) is 0 Å². The monoisotopic (exact) mass is 706 g/mol. The molecule has 53 heavy (non-hydrogen) atoms. The van der Waals surface area contributed by atoms with Gasteiger partial charge in [0.25, 0.3) is 6.71 Å². The highest BCUT2D eigenvalue weighted by atomic mass is 15.2. The topological polar surface area (TPSA) is 29.0 Å². The number of hydrogen-bond acceptors (Lipinski definition) is 3. The Bertz CT molecular complexity index is 2170. The van der Waals surface area contributed by atoms with Gasteiger partial charge in [0.15, 0.2) is 0 Å². The molecule has 3 heterocycles. The number of nitrogens with zero attached hydrogens (tertiary/aromatic N) is 3. The third-order valence-corrected chi connectivity index (χ3v) is 14.4. The molecule has 2 aliphatic heterocycles. The number of hydrogen-bond donors (Lipinski definition) is 0. The lowest BCUT2D eigenvalue weighted by Gasteiger charge is -2.48. The summed E-state index contributed by atoms with van der Waals surface area (Å²) in [6.07, 6.45) is 6.63. The van der Waals surface area contributed by atoms with Crippen molar-refractivity contribution in [1.29, 1.82) is 0 Å². The van der Waals surface area contributed by atoms with Gasteiger partial charge in [0.1, 0.15) is 12.1 Å². The second kappa shape index (κ2) is 10.9. The maximum absolute atomic E-state index is 5.32. The minimum absolute atomic E-state index is 0.00919. The van der Waals surface area contributed by atoms with E-state index in [9.17, 15) is 0 Å². The van der Waals surface area contributed by atoms with Crippen molar-refractivity contribution in [2.24, 2.45) is 0 Å². The van der Waals surface area contributed by atoms with Gasteiger partial charge in [-0.15, -0.1) is 0 Å². The molecule has 0 radical (unpaired) electrons. The van der Waals surface area contributed by atoms with E-state index in [0.29, 0.717) is 0 Å². The van der Waals surface area contributed by atoms with E-state index < -0.39 is 0 Å². The zero-order chi connectivity index (χ0) is 38.6. The third kappa shape index (κ3) is 5.34. The number of aromatic nitrogens is 2. The molecule has 0 N–H and O–H groups in total. The highest BCUT2D eigenvalue weighted by Gasteiger charge is 2.51. The molecule has 0 amide bonds. The van der Waals surface area contributed by atoms with Crippen LogP contribution in [0, 0.1) is 0 Å². The molecule has 4 aromatic rings. The van der Waals surface area contributed by atoms with Crippen molar-refractivity contribution in [1.82, 2.24) is 9.97 Å².